The van der Waals surface area contributed by atoms with Gasteiger partial charge in [-0.15, -0.1) is 0 Å². The molecule has 1 unspecified atom stereocenters. The number of nitrogens with one attached hydrogen (secondary N) is 1. The largest absolute Gasteiger partial charge is 0.478 e. The third-order valence-corrected chi connectivity index (χ3v) is 4.44. The third-order valence-electron chi connectivity index (χ3n) is 3.84. The zero-order chi connectivity index (χ0) is 16.3. The van der Waals surface area contributed by atoms with E-state index in [-0.39, 0.29) is 12.0 Å². The van der Waals surface area contributed by atoms with Crippen molar-refractivity contribution in [1.29, 1.82) is 0 Å². The predicted octanol–water partition coefficient (Wildman–Crippen LogP) is 3.41. The number of carbonyl (C=O) groups is 1. The lowest BCUT2D eigenvalue weighted by molar-refractivity contribution is -0.134. The zero-order valence-corrected chi connectivity index (χ0v) is 14.4. The highest BCUT2D eigenvalue weighted by molar-refractivity contribution is 6.32. The second kappa shape index (κ2) is 6.88. The van der Waals surface area contributed by atoms with Crippen LogP contribution in [0.25, 0.3) is 0 Å². The summed E-state index contributed by atoms with van der Waals surface area (Å²) < 4.78 is 11.4. The molecule has 1 atom stereocenters. The van der Waals surface area contributed by atoms with Crippen molar-refractivity contribution >= 4 is 17.5 Å². The fraction of sp³-hybridized carbons (Fsp3) is 0.588. The van der Waals surface area contributed by atoms with Gasteiger partial charge in [0.05, 0.1) is 6.10 Å². The van der Waals surface area contributed by atoms with Crippen LogP contribution in [0.15, 0.2) is 12.1 Å². The first kappa shape index (κ1) is 17.1. The first-order chi connectivity index (χ1) is 10.3. The van der Waals surface area contributed by atoms with Gasteiger partial charge in [0.1, 0.15) is 5.75 Å². The van der Waals surface area contributed by atoms with Gasteiger partial charge in [0, 0.05) is 18.2 Å². The van der Waals surface area contributed by atoms with Crippen LogP contribution < -0.4 is 10.1 Å². The molecule has 0 aromatic heterocycles. The summed E-state index contributed by atoms with van der Waals surface area (Å²) in [6.07, 6.45) is 2.18. The Balaban J connectivity index is 1.98. The first-order valence-electron chi connectivity index (χ1n) is 7.65. The molecule has 1 aromatic carbocycles. The summed E-state index contributed by atoms with van der Waals surface area (Å²) in [4.78, 5) is 12.3. The van der Waals surface area contributed by atoms with Crippen LogP contribution in [0, 0.1) is 13.8 Å². The molecule has 1 aliphatic heterocycles. The van der Waals surface area contributed by atoms with E-state index in [1.807, 2.05) is 26.0 Å². The Labute approximate surface area is 137 Å². The quantitative estimate of drug-likeness (QED) is 0.902. The van der Waals surface area contributed by atoms with Crippen molar-refractivity contribution in [2.75, 3.05) is 13.2 Å². The maximum atomic E-state index is 12.3. The lowest BCUT2D eigenvalue weighted by Gasteiger charge is -2.26. The SMILES string of the molecule is Cc1cc(OC(C)(C)C(=O)NCC2CCCO2)cc(C)c1Cl. The molecule has 1 aromatic rings. The van der Waals surface area contributed by atoms with Crippen LogP contribution in [0.4, 0.5) is 0 Å². The van der Waals surface area contributed by atoms with Crippen molar-refractivity contribution in [3.8, 4) is 5.75 Å². The van der Waals surface area contributed by atoms with E-state index >= 15 is 0 Å². The fourth-order valence-electron chi connectivity index (χ4n) is 2.53. The average Bonchev–Trinajstić information content (AvgIpc) is 2.94. The van der Waals surface area contributed by atoms with Gasteiger partial charge < -0.3 is 14.8 Å². The second-order valence-corrected chi connectivity index (χ2v) is 6.71. The van der Waals surface area contributed by atoms with E-state index in [0.29, 0.717) is 12.3 Å². The van der Waals surface area contributed by atoms with Gasteiger partial charge in [0.25, 0.3) is 5.91 Å². The van der Waals surface area contributed by atoms with Crippen molar-refractivity contribution < 1.29 is 14.3 Å². The maximum Gasteiger partial charge on any atom is 0.263 e. The minimum Gasteiger partial charge on any atom is -0.478 e. The fourth-order valence-corrected chi connectivity index (χ4v) is 2.64. The Bertz CT molecular complexity index is 528. The summed E-state index contributed by atoms with van der Waals surface area (Å²) in [5.41, 5.74) is 0.921. The molecule has 5 heteroatoms. The number of halogens is 1. The van der Waals surface area contributed by atoms with Gasteiger partial charge in [-0.3, -0.25) is 4.79 Å². The van der Waals surface area contributed by atoms with Crippen molar-refractivity contribution in [3.63, 3.8) is 0 Å². The molecule has 22 heavy (non-hydrogen) atoms. The van der Waals surface area contributed by atoms with Gasteiger partial charge in [0.15, 0.2) is 5.60 Å². The minimum absolute atomic E-state index is 0.125. The Hall–Kier alpha value is -1.26. The van der Waals surface area contributed by atoms with Crippen molar-refractivity contribution in [2.24, 2.45) is 0 Å². The molecule has 2 rings (SSSR count). The van der Waals surface area contributed by atoms with Crippen LogP contribution in [0.5, 0.6) is 5.75 Å². The molecule has 1 saturated heterocycles. The van der Waals surface area contributed by atoms with Gasteiger partial charge >= 0.3 is 0 Å². The Morgan fingerprint density at radius 2 is 2.05 bits per heavy atom. The van der Waals surface area contributed by atoms with Crippen LogP contribution in [-0.2, 0) is 9.53 Å². The lowest BCUT2D eigenvalue weighted by Crippen LogP contribution is -2.48. The van der Waals surface area contributed by atoms with Gasteiger partial charge in [-0.1, -0.05) is 11.6 Å². The highest BCUT2D eigenvalue weighted by Crippen LogP contribution is 2.28. The average molecular weight is 326 g/mol. The maximum absolute atomic E-state index is 12.3. The summed E-state index contributed by atoms with van der Waals surface area (Å²) in [6, 6.07) is 3.70. The number of amides is 1. The lowest BCUT2D eigenvalue weighted by atomic mass is 10.1. The van der Waals surface area contributed by atoms with Crippen LogP contribution in [0.1, 0.15) is 37.8 Å². The molecule has 1 N–H and O–H groups in total. The molecule has 0 spiro atoms. The van der Waals surface area contributed by atoms with Gasteiger partial charge in [-0.05, 0) is 63.8 Å². The third kappa shape index (κ3) is 4.14. The molecule has 0 bridgehead atoms. The number of rotatable bonds is 5. The van der Waals surface area contributed by atoms with Crippen molar-refractivity contribution in [1.82, 2.24) is 5.32 Å². The van der Waals surface area contributed by atoms with Gasteiger partial charge in [-0.25, -0.2) is 0 Å². The highest BCUT2D eigenvalue weighted by Gasteiger charge is 2.31. The number of ether oxygens (including phenoxy) is 2. The van der Waals surface area contributed by atoms with Crippen LogP contribution in [0.2, 0.25) is 5.02 Å². The summed E-state index contributed by atoms with van der Waals surface area (Å²) >= 11 is 6.16. The molecular formula is C17H24ClNO3. The van der Waals surface area contributed by atoms with Crippen molar-refractivity contribution in [2.45, 2.75) is 52.2 Å². The number of benzene rings is 1. The molecule has 0 aliphatic carbocycles. The zero-order valence-electron chi connectivity index (χ0n) is 13.7. The minimum atomic E-state index is -0.953. The molecule has 0 saturated carbocycles. The normalized spacial score (nSPS) is 18.3. The van der Waals surface area contributed by atoms with Gasteiger partial charge in [-0.2, -0.15) is 0 Å². The number of carbonyl (C=O) groups excluding carboxylic acids is 1. The number of hydrogen-bond acceptors (Lipinski definition) is 3. The van der Waals surface area contributed by atoms with E-state index in [1.165, 1.54) is 0 Å². The van der Waals surface area contributed by atoms with E-state index in [1.54, 1.807) is 13.8 Å². The van der Waals surface area contributed by atoms with E-state index in [2.05, 4.69) is 5.32 Å². The molecule has 1 aliphatic rings. The number of aryl methyl sites for hydroxylation is 2. The summed E-state index contributed by atoms with van der Waals surface area (Å²) in [7, 11) is 0. The molecule has 1 heterocycles. The molecule has 0 radical (unpaired) electrons. The molecule has 1 fully saturated rings. The van der Waals surface area contributed by atoms with Gasteiger partial charge in [0.2, 0.25) is 0 Å². The smallest absolute Gasteiger partial charge is 0.263 e. The van der Waals surface area contributed by atoms with E-state index in [0.717, 1.165) is 35.6 Å². The second-order valence-electron chi connectivity index (χ2n) is 6.33. The highest BCUT2D eigenvalue weighted by atomic mass is 35.5. The Kier molecular flexibility index (Phi) is 5.35. The Morgan fingerprint density at radius 3 is 2.59 bits per heavy atom. The van der Waals surface area contributed by atoms with Crippen LogP contribution >= 0.6 is 11.6 Å². The standard InChI is InChI=1S/C17H24ClNO3/c1-11-8-14(9-12(2)15(11)18)22-17(3,4)16(20)19-10-13-6-5-7-21-13/h8-9,13H,5-7,10H2,1-4H3,(H,19,20). The first-order valence-corrected chi connectivity index (χ1v) is 8.03. The topological polar surface area (TPSA) is 47.6 Å². The Morgan fingerprint density at radius 1 is 1.41 bits per heavy atom. The molecular weight excluding hydrogens is 302 g/mol. The summed E-state index contributed by atoms with van der Waals surface area (Å²) in [5, 5.41) is 3.64. The van der Waals surface area contributed by atoms with E-state index in [9.17, 15) is 4.79 Å². The summed E-state index contributed by atoms with van der Waals surface area (Å²) in [6.45, 7) is 8.68. The molecule has 4 nitrogen and oxygen atoms in total. The molecule has 122 valence electrons. The summed E-state index contributed by atoms with van der Waals surface area (Å²) in [5.74, 6) is 0.505. The predicted molar refractivity (Wildman–Crippen MR) is 87.6 cm³/mol. The van der Waals surface area contributed by atoms with E-state index < -0.39 is 5.60 Å². The van der Waals surface area contributed by atoms with Crippen molar-refractivity contribution in [3.05, 3.63) is 28.3 Å². The van der Waals surface area contributed by atoms with Crippen LogP contribution in [-0.4, -0.2) is 30.8 Å². The monoisotopic (exact) mass is 325 g/mol. The van der Waals surface area contributed by atoms with E-state index in [4.69, 9.17) is 21.1 Å². The number of hydrogen-bond donors (Lipinski definition) is 1. The van der Waals surface area contributed by atoms with Crippen LogP contribution in [0.3, 0.4) is 0 Å². The molecule has 1 amide bonds.